The highest BCUT2D eigenvalue weighted by atomic mass is 16.5. The van der Waals surface area contributed by atoms with Crippen molar-refractivity contribution in [2.24, 2.45) is 0 Å². The molecule has 0 saturated carbocycles. The van der Waals surface area contributed by atoms with Crippen molar-refractivity contribution in [3.63, 3.8) is 0 Å². The first-order valence-corrected chi connectivity index (χ1v) is 5.96. The Hall–Kier alpha value is -1.10. The molecule has 1 N–H and O–H groups in total. The van der Waals surface area contributed by atoms with Gasteiger partial charge in [-0.1, -0.05) is 0 Å². The Balaban J connectivity index is 3.60. The van der Waals surface area contributed by atoms with Crippen molar-refractivity contribution >= 4 is 11.9 Å². The zero-order valence-electron chi connectivity index (χ0n) is 10.9. The second-order valence-corrected chi connectivity index (χ2v) is 4.24. The van der Waals surface area contributed by atoms with Crippen molar-refractivity contribution < 1.29 is 19.4 Å². The molecule has 0 heterocycles. The molecule has 0 aromatic carbocycles. The van der Waals surface area contributed by atoms with Gasteiger partial charge in [0.2, 0.25) is 5.91 Å². The minimum atomic E-state index is -0.385. The van der Waals surface area contributed by atoms with E-state index in [0.29, 0.717) is 38.6 Å². The fourth-order valence-electron chi connectivity index (χ4n) is 1.34. The first-order valence-electron chi connectivity index (χ1n) is 5.96. The summed E-state index contributed by atoms with van der Waals surface area (Å²) in [6.07, 6.45) is 2.36. The van der Waals surface area contributed by atoms with Crippen molar-refractivity contribution in [1.29, 1.82) is 0 Å². The third-order valence-corrected chi connectivity index (χ3v) is 2.56. The van der Waals surface area contributed by atoms with E-state index >= 15 is 0 Å². The summed E-state index contributed by atoms with van der Waals surface area (Å²) in [6, 6.07) is 0. The largest absolute Gasteiger partial charge is 0.469 e. The number of ether oxygens (including phenoxy) is 1. The zero-order chi connectivity index (χ0) is 13.3. The monoisotopic (exact) mass is 245 g/mol. The molecule has 1 unspecified atom stereocenters. The lowest BCUT2D eigenvalue weighted by atomic mass is 10.2. The number of unbranched alkanes of at least 4 members (excludes halogenated alkanes) is 1. The topological polar surface area (TPSA) is 66.8 Å². The van der Waals surface area contributed by atoms with Gasteiger partial charge >= 0.3 is 5.97 Å². The average Bonchev–Trinajstić information content (AvgIpc) is 2.30. The highest BCUT2D eigenvalue weighted by molar-refractivity contribution is 5.75. The third-order valence-electron chi connectivity index (χ3n) is 2.56. The second-order valence-electron chi connectivity index (χ2n) is 4.24. The van der Waals surface area contributed by atoms with Crippen LogP contribution >= 0.6 is 0 Å². The van der Waals surface area contributed by atoms with Crippen LogP contribution in [0.3, 0.4) is 0 Å². The van der Waals surface area contributed by atoms with Gasteiger partial charge in [-0.15, -0.1) is 0 Å². The Morgan fingerprint density at radius 3 is 2.41 bits per heavy atom. The Morgan fingerprint density at radius 2 is 1.88 bits per heavy atom. The molecule has 0 spiro atoms. The normalized spacial score (nSPS) is 12.0. The van der Waals surface area contributed by atoms with E-state index in [2.05, 4.69) is 4.74 Å². The Morgan fingerprint density at radius 1 is 1.29 bits per heavy atom. The van der Waals surface area contributed by atoms with Crippen molar-refractivity contribution in [3.8, 4) is 0 Å². The van der Waals surface area contributed by atoms with Crippen LogP contribution in [0.1, 0.15) is 39.0 Å². The lowest BCUT2D eigenvalue weighted by Gasteiger charge is -2.17. The molecule has 0 aromatic rings. The first-order chi connectivity index (χ1) is 7.97. The minimum Gasteiger partial charge on any atom is -0.469 e. The second kappa shape index (κ2) is 8.98. The number of methoxy groups -OCH3 is 1. The summed E-state index contributed by atoms with van der Waals surface area (Å²) in [5.74, 6) is -0.185. The van der Waals surface area contributed by atoms with Crippen LogP contribution in [0.2, 0.25) is 0 Å². The van der Waals surface area contributed by atoms with E-state index in [1.54, 1.807) is 18.9 Å². The molecule has 1 amide bonds. The highest BCUT2D eigenvalue weighted by Crippen LogP contribution is 2.04. The molecule has 5 heteroatoms. The van der Waals surface area contributed by atoms with Gasteiger partial charge in [-0.2, -0.15) is 0 Å². The molecular formula is C12H23NO4. The van der Waals surface area contributed by atoms with Gasteiger partial charge in [-0.3, -0.25) is 9.59 Å². The third kappa shape index (κ3) is 8.68. The van der Waals surface area contributed by atoms with Crippen LogP contribution in [0, 0.1) is 0 Å². The molecule has 100 valence electrons. The van der Waals surface area contributed by atoms with Gasteiger partial charge in [-0.25, -0.2) is 0 Å². The fraction of sp³-hybridized carbons (Fsp3) is 0.833. The van der Waals surface area contributed by atoms with E-state index in [-0.39, 0.29) is 18.0 Å². The Kier molecular flexibility index (Phi) is 8.40. The zero-order valence-corrected chi connectivity index (χ0v) is 10.9. The smallest absolute Gasteiger partial charge is 0.305 e. The molecule has 0 aromatic heterocycles. The molecular weight excluding hydrogens is 222 g/mol. The summed E-state index contributed by atoms with van der Waals surface area (Å²) in [5, 5.41) is 9.10. The lowest BCUT2D eigenvalue weighted by Crippen LogP contribution is -2.29. The number of rotatable bonds is 8. The highest BCUT2D eigenvalue weighted by Gasteiger charge is 2.09. The van der Waals surface area contributed by atoms with Crippen LogP contribution in [0.25, 0.3) is 0 Å². The summed E-state index contributed by atoms with van der Waals surface area (Å²) in [5.41, 5.74) is 0. The fourth-order valence-corrected chi connectivity index (χ4v) is 1.34. The summed E-state index contributed by atoms with van der Waals surface area (Å²) in [7, 11) is 3.09. The molecule has 1 atom stereocenters. The summed E-state index contributed by atoms with van der Waals surface area (Å²) < 4.78 is 4.51. The average molecular weight is 245 g/mol. The van der Waals surface area contributed by atoms with Crippen LogP contribution in [0.15, 0.2) is 0 Å². The first kappa shape index (κ1) is 15.9. The molecule has 0 fully saturated rings. The minimum absolute atomic E-state index is 0.0514. The number of carbonyl (C=O) groups is 2. The summed E-state index contributed by atoms with van der Waals surface area (Å²) in [6.45, 7) is 2.27. The maximum atomic E-state index is 11.6. The molecule has 0 radical (unpaired) electrons. The van der Waals surface area contributed by atoms with Gasteiger partial charge in [0.1, 0.15) is 0 Å². The number of amides is 1. The molecule has 0 aliphatic heterocycles. The number of aliphatic hydroxyl groups is 1. The van der Waals surface area contributed by atoms with Gasteiger partial charge in [0.25, 0.3) is 0 Å². The SMILES string of the molecule is COC(=O)CCCCC(=O)N(C)CCC(C)O. The van der Waals surface area contributed by atoms with Crippen LogP contribution < -0.4 is 0 Å². The van der Waals surface area contributed by atoms with Gasteiger partial charge in [0, 0.05) is 26.4 Å². The van der Waals surface area contributed by atoms with Gasteiger partial charge < -0.3 is 14.7 Å². The van der Waals surface area contributed by atoms with Crippen LogP contribution in [-0.4, -0.2) is 48.7 Å². The number of aliphatic hydroxyl groups excluding tert-OH is 1. The molecule has 0 rings (SSSR count). The molecule has 0 aliphatic rings. The van der Waals surface area contributed by atoms with E-state index in [1.807, 2.05) is 0 Å². The predicted molar refractivity (Wildman–Crippen MR) is 64.4 cm³/mol. The summed E-state index contributed by atoms with van der Waals surface area (Å²) >= 11 is 0. The van der Waals surface area contributed by atoms with Gasteiger partial charge in [-0.05, 0) is 26.2 Å². The van der Waals surface area contributed by atoms with Crippen molar-refractivity contribution in [1.82, 2.24) is 4.90 Å². The molecule has 0 bridgehead atoms. The van der Waals surface area contributed by atoms with Crippen LogP contribution in [0.4, 0.5) is 0 Å². The van der Waals surface area contributed by atoms with E-state index in [1.165, 1.54) is 7.11 Å². The number of esters is 1. The number of hydrogen-bond acceptors (Lipinski definition) is 4. The molecule has 5 nitrogen and oxygen atoms in total. The molecule has 17 heavy (non-hydrogen) atoms. The van der Waals surface area contributed by atoms with Crippen LogP contribution in [0.5, 0.6) is 0 Å². The van der Waals surface area contributed by atoms with E-state index in [0.717, 1.165) is 0 Å². The lowest BCUT2D eigenvalue weighted by molar-refractivity contribution is -0.141. The number of hydrogen-bond donors (Lipinski definition) is 1. The molecule has 0 saturated heterocycles. The standard InChI is InChI=1S/C12H23NO4/c1-10(14)8-9-13(2)11(15)6-4-5-7-12(16)17-3/h10,14H,4-9H2,1-3H3. The Bertz CT molecular complexity index is 241. The summed E-state index contributed by atoms with van der Waals surface area (Å²) in [4.78, 5) is 24.0. The quantitative estimate of drug-likeness (QED) is 0.510. The van der Waals surface area contributed by atoms with E-state index in [9.17, 15) is 9.59 Å². The maximum Gasteiger partial charge on any atom is 0.305 e. The van der Waals surface area contributed by atoms with E-state index < -0.39 is 0 Å². The van der Waals surface area contributed by atoms with Crippen molar-refractivity contribution in [3.05, 3.63) is 0 Å². The number of nitrogens with zero attached hydrogens (tertiary/aromatic N) is 1. The Labute approximate surface area is 103 Å². The van der Waals surface area contributed by atoms with Crippen molar-refractivity contribution in [2.45, 2.75) is 45.1 Å². The predicted octanol–water partition coefficient (Wildman–Crippen LogP) is 0.949. The van der Waals surface area contributed by atoms with Gasteiger partial charge in [0.05, 0.1) is 13.2 Å². The van der Waals surface area contributed by atoms with Crippen molar-refractivity contribution in [2.75, 3.05) is 20.7 Å². The maximum absolute atomic E-state index is 11.6. The molecule has 0 aliphatic carbocycles. The van der Waals surface area contributed by atoms with E-state index in [4.69, 9.17) is 5.11 Å². The van der Waals surface area contributed by atoms with Gasteiger partial charge in [0.15, 0.2) is 0 Å². The number of carbonyl (C=O) groups excluding carboxylic acids is 2. The van der Waals surface area contributed by atoms with Crippen LogP contribution in [-0.2, 0) is 14.3 Å².